The predicted octanol–water partition coefficient (Wildman–Crippen LogP) is 0.317. The molecule has 1 unspecified atom stereocenters. The Bertz CT molecular complexity index is 356. The summed E-state index contributed by atoms with van der Waals surface area (Å²) in [4.78, 5) is 0. The molecule has 4 radical (unpaired) electrons. The first kappa shape index (κ1) is 8.93. The Morgan fingerprint density at radius 3 is 2.62 bits per heavy atom. The molecule has 0 bridgehead atoms. The van der Waals surface area contributed by atoms with E-state index in [9.17, 15) is 0 Å². The summed E-state index contributed by atoms with van der Waals surface area (Å²) in [5, 5.41) is 0. The Morgan fingerprint density at radius 1 is 1.23 bits per heavy atom. The Balaban J connectivity index is 2.60. The molecule has 0 heterocycles. The van der Waals surface area contributed by atoms with Gasteiger partial charge >= 0.3 is 0 Å². The van der Waals surface area contributed by atoms with Crippen molar-refractivity contribution in [3.8, 4) is 0 Å². The lowest BCUT2D eigenvalue weighted by Crippen LogP contribution is -2.31. The minimum absolute atomic E-state index is 0.721. The zero-order chi connectivity index (χ0) is 9.59. The van der Waals surface area contributed by atoms with Crippen LogP contribution in [0.2, 0.25) is 0 Å². The molecule has 0 aromatic heterocycles. The van der Waals surface area contributed by atoms with E-state index in [1.165, 1.54) is 11.1 Å². The maximum Gasteiger partial charge on any atom is 0.113 e. The van der Waals surface area contributed by atoms with Gasteiger partial charge in [-0.15, -0.1) is 5.46 Å². The first-order chi connectivity index (χ1) is 6.09. The number of fused-ring (bicyclic) bond motifs is 1. The van der Waals surface area contributed by atoms with Gasteiger partial charge in [-0.2, -0.15) is 0 Å². The highest BCUT2D eigenvalue weighted by Gasteiger charge is 2.20. The molecule has 62 valence electrons. The van der Waals surface area contributed by atoms with Crippen LogP contribution in [0.15, 0.2) is 6.07 Å². The molecule has 0 nitrogen and oxygen atoms in total. The summed E-state index contributed by atoms with van der Waals surface area (Å²) in [7, 11) is 11.8. The van der Waals surface area contributed by atoms with E-state index in [0.717, 1.165) is 35.2 Å². The van der Waals surface area contributed by atoms with E-state index < -0.39 is 0 Å². The van der Waals surface area contributed by atoms with E-state index in [2.05, 4.69) is 13.0 Å². The van der Waals surface area contributed by atoms with Gasteiger partial charge in [-0.05, 0) is 31.2 Å². The molecule has 0 spiro atoms. The second-order valence-corrected chi connectivity index (χ2v) is 4.17. The molecule has 2 heteroatoms. The van der Waals surface area contributed by atoms with Crippen molar-refractivity contribution in [2.24, 2.45) is 5.92 Å². The highest BCUT2D eigenvalue weighted by atomic mass is 14.2. The molecular weight excluding hydrogens is 154 g/mol. The molecule has 1 aromatic carbocycles. The molecule has 0 amide bonds. The van der Waals surface area contributed by atoms with Crippen LogP contribution in [0.3, 0.4) is 0 Å². The van der Waals surface area contributed by atoms with E-state index in [4.69, 9.17) is 15.7 Å². The van der Waals surface area contributed by atoms with E-state index >= 15 is 0 Å². The quantitative estimate of drug-likeness (QED) is 0.486. The lowest BCUT2D eigenvalue weighted by molar-refractivity contribution is 0.628. The summed E-state index contributed by atoms with van der Waals surface area (Å²) < 4.78 is 0. The number of rotatable bonds is 0. The molecule has 0 saturated carbocycles. The van der Waals surface area contributed by atoms with Crippen molar-refractivity contribution in [2.45, 2.75) is 26.7 Å². The van der Waals surface area contributed by atoms with E-state index in [-0.39, 0.29) is 0 Å². The molecule has 13 heavy (non-hydrogen) atoms. The minimum Gasteiger partial charge on any atom is -0.100 e. The number of hydrogen-bond donors (Lipinski definition) is 0. The fraction of sp³-hybridized carbons (Fsp3) is 0.455. The molecule has 1 aliphatic carbocycles. The fourth-order valence-electron chi connectivity index (χ4n) is 2.19. The van der Waals surface area contributed by atoms with Crippen molar-refractivity contribution in [1.82, 2.24) is 0 Å². The topological polar surface area (TPSA) is 0 Å². The first-order valence-corrected chi connectivity index (χ1v) is 4.76. The maximum absolute atomic E-state index is 5.97. The summed E-state index contributed by atoms with van der Waals surface area (Å²) in [5.74, 6) is 0.721. The van der Waals surface area contributed by atoms with Gasteiger partial charge in [0.15, 0.2) is 0 Å². The summed E-state index contributed by atoms with van der Waals surface area (Å²) in [6.45, 7) is 4.28. The van der Waals surface area contributed by atoms with Crippen LogP contribution in [-0.4, -0.2) is 15.7 Å². The summed E-state index contributed by atoms with van der Waals surface area (Å²) in [5.41, 5.74) is 5.39. The molecule has 1 aromatic rings. The third-order valence-electron chi connectivity index (χ3n) is 2.94. The van der Waals surface area contributed by atoms with E-state index in [1.807, 2.05) is 6.92 Å². The first-order valence-electron chi connectivity index (χ1n) is 4.76. The summed E-state index contributed by atoms with van der Waals surface area (Å²) in [6.07, 6.45) is 2.24. The van der Waals surface area contributed by atoms with Gasteiger partial charge < -0.3 is 0 Å². The van der Waals surface area contributed by atoms with Gasteiger partial charge in [-0.1, -0.05) is 29.6 Å². The van der Waals surface area contributed by atoms with E-state index in [1.54, 1.807) is 0 Å². The monoisotopic (exact) mass is 166 g/mol. The van der Waals surface area contributed by atoms with Crippen molar-refractivity contribution < 1.29 is 0 Å². The van der Waals surface area contributed by atoms with Crippen molar-refractivity contribution in [3.63, 3.8) is 0 Å². The van der Waals surface area contributed by atoms with Crippen LogP contribution in [0.4, 0.5) is 0 Å². The number of benzene rings is 1. The van der Waals surface area contributed by atoms with Crippen molar-refractivity contribution in [1.29, 1.82) is 0 Å². The van der Waals surface area contributed by atoms with Crippen molar-refractivity contribution in [2.75, 3.05) is 0 Å². The zero-order valence-electron chi connectivity index (χ0n) is 8.22. The van der Waals surface area contributed by atoms with E-state index in [0.29, 0.717) is 0 Å². The molecule has 2 rings (SSSR count). The van der Waals surface area contributed by atoms with Crippen LogP contribution < -0.4 is 10.9 Å². The van der Waals surface area contributed by atoms with Gasteiger partial charge in [0.05, 0.1) is 0 Å². The lowest BCUT2D eigenvalue weighted by Gasteiger charge is -2.11. The number of hydrogen-bond acceptors (Lipinski definition) is 0. The lowest BCUT2D eigenvalue weighted by atomic mass is 9.74. The minimum atomic E-state index is 0.721. The normalized spacial score (nSPS) is 20.3. The van der Waals surface area contributed by atoms with Gasteiger partial charge in [0.2, 0.25) is 0 Å². The predicted molar refractivity (Wildman–Crippen MR) is 58.5 cm³/mol. The molecule has 1 atom stereocenters. The highest BCUT2D eigenvalue weighted by Crippen LogP contribution is 2.24. The van der Waals surface area contributed by atoms with Gasteiger partial charge in [0.25, 0.3) is 0 Å². The van der Waals surface area contributed by atoms with Gasteiger partial charge in [-0.3, -0.25) is 0 Å². The Morgan fingerprint density at radius 2 is 1.92 bits per heavy atom. The van der Waals surface area contributed by atoms with Gasteiger partial charge in [0, 0.05) is 0 Å². The van der Waals surface area contributed by atoms with Crippen LogP contribution in [0.1, 0.15) is 23.6 Å². The largest absolute Gasteiger partial charge is 0.113 e. The van der Waals surface area contributed by atoms with Crippen LogP contribution in [0.25, 0.3) is 0 Å². The third kappa shape index (κ3) is 1.33. The van der Waals surface area contributed by atoms with Crippen LogP contribution in [0, 0.1) is 12.8 Å². The molecule has 0 aliphatic heterocycles. The maximum atomic E-state index is 5.97. The molecule has 0 fully saturated rings. The smallest absolute Gasteiger partial charge is 0.100 e. The number of aryl methyl sites for hydroxylation is 1. The van der Waals surface area contributed by atoms with Crippen LogP contribution in [-0.2, 0) is 12.8 Å². The Labute approximate surface area is 82.6 Å². The summed E-state index contributed by atoms with van der Waals surface area (Å²) in [6, 6.07) is 2.19. The molecule has 0 saturated heterocycles. The van der Waals surface area contributed by atoms with Gasteiger partial charge in [0.1, 0.15) is 15.7 Å². The Kier molecular flexibility index (Phi) is 2.02. The second-order valence-electron chi connectivity index (χ2n) is 4.17. The molecular formula is C11H12B2. The second kappa shape index (κ2) is 2.94. The van der Waals surface area contributed by atoms with Crippen LogP contribution >= 0.6 is 0 Å². The van der Waals surface area contributed by atoms with Crippen LogP contribution in [0.5, 0.6) is 0 Å². The average molecular weight is 166 g/mol. The standard InChI is InChI=1S/C11H12B2/c1-6-3-8-5-7(2)10(12)11(13)9(8)4-6/h5-6H,3-4H2,1-2H3. The third-order valence-corrected chi connectivity index (χ3v) is 2.94. The fourth-order valence-corrected chi connectivity index (χ4v) is 2.19. The molecule has 1 aliphatic rings. The molecule has 0 N–H and O–H groups in total. The van der Waals surface area contributed by atoms with Crippen molar-refractivity contribution in [3.05, 3.63) is 22.8 Å². The Hall–Kier alpha value is -0.650. The van der Waals surface area contributed by atoms with Crippen molar-refractivity contribution >= 4 is 26.6 Å². The SMILES string of the molecule is [B]c1c(C)cc2c(c1[B])CC(C)C2. The highest BCUT2D eigenvalue weighted by molar-refractivity contribution is 6.49. The zero-order valence-corrected chi connectivity index (χ0v) is 8.22. The average Bonchev–Trinajstić information content (AvgIpc) is 2.42. The van der Waals surface area contributed by atoms with Gasteiger partial charge in [-0.25, -0.2) is 0 Å². The summed E-state index contributed by atoms with van der Waals surface area (Å²) >= 11 is 0.